The third-order valence-electron chi connectivity index (χ3n) is 5.02. The smallest absolute Gasteiger partial charge is 0.423 e. The lowest BCUT2D eigenvalue weighted by Crippen LogP contribution is -2.38. The van der Waals surface area contributed by atoms with Crippen LogP contribution in [0.25, 0.3) is 0 Å². The Labute approximate surface area is 159 Å². The molecule has 11 heteroatoms. The van der Waals surface area contributed by atoms with Crippen molar-refractivity contribution >= 4 is 5.82 Å². The average molecular weight is 398 g/mol. The highest BCUT2D eigenvalue weighted by Crippen LogP contribution is 2.29. The van der Waals surface area contributed by atoms with Gasteiger partial charge in [0.15, 0.2) is 0 Å². The van der Waals surface area contributed by atoms with Gasteiger partial charge in [0.2, 0.25) is 11.8 Å². The molecule has 2 fully saturated rings. The van der Waals surface area contributed by atoms with Crippen molar-refractivity contribution < 1.29 is 22.3 Å². The van der Waals surface area contributed by atoms with Gasteiger partial charge in [0.25, 0.3) is 0 Å². The number of rotatable bonds is 5. The Morgan fingerprint density at radius 1 is 1.14 bits per heavy atom. The summed E-state index contributed by atoms with van der Waals surface area (Å²) < 4.78 is 49.4. The van der Waals surface area contributed by atoms with Gasteiger partial charge in [-0.1, -0.05) is 0 Å². The Hall–Kier alpha value is -2.27. The molecule has 1 atom stereocenters. The van der Waals surface area contributed by atoms with E-state index in [1.54, 1.807) is 0 Å². The predicted octanol–water partition coefficient (Wildman–Crippen LogP) is 2.46. The van der Waals surface area contributed by atoms with E-state index in [0.29, 0.717) is 24.9 Å². The van der Waals surface area contributed by atoms with Crippen LogP contribution in [-0.4, -0.2) is 57.4 Å². The predicted molar refractivity (Wildman–Crippen MR) is 91.4 cm³/mol. The Balaban J connectivity index is 1.27. The Bertz CT molecular complexity index is 785. The summed E-state index contributed by atoms with van der Waals surface area (Å²) in [6.07, 6.45) is -1.08. The monoisotopic (exact) mass is 398 g/mol. The molecular weight excluding hydrogens is 377 g/mol. The number of alkyl halides is 3. The van der Waals surface area contributed by atoms with E-state index in [1.807, 2.05) is 0 Å². The van der Waals surface area contributed by atoms with E-state index in [-0.39, 0.29) is 17.8 Å². The van der Waals surface area contributed by atoms with Gasteiger partial charge in [-0.15, -0.1) is 10.2 Å². The molecule has 2 saturated heterocycles. The van der Waals surface area contributed by atoms with Crippen molar-refractivity contribution in [3.05, 3.63) is 29.9 Å². The zero-order chi connectivity index (χ0) is 19.6. The zero-order valence-corrected chi connectivity index (χ0v) is 15.2. The molecule has 0 radical (unpaired) electrons. The first-order chi connectivity index (χ1) is 13.5. The number of nitrogens with one attached hydrogen (secondary N) is 1. The van der Waals surface area contributed by atoms with Crippen molar-refractivity contribution in [2.45, 2.75) is 43.9 Å². The summed E-state index contributed by atoms with van der Waals surface area (Å²) in [6.45, 7) is 3.47. The number of likely N-dealkylation sites (tertiary alicyclic amines) is 1. The first kappa shape index (κ1) is 19.1. The second-order valence-electron chi connectivity index (χ2n) is 7.08. The molecular formula is C17H21F3N6O2. The molecule has 2 aliphatic heterocycles. The first-order valence-electron chi connectivity index (χ1n) is 9.25. The van der Waals surface area contributed by atoms with E-state index in [0.717, 1.165) is 51.4 Å². The lowest BCUT2D eigenvalue weighted by molar-refractivity contribution is -0.141. The number of hydrogen-bond donors (Lipinski definition) is 1. The van der Waals surface area contributed by atoms with Gasteiger partial charge in [0.05, 0.1) is 19.1 Å². The van der Waals surface area contributed by atoms with Gasteiger partial charge in [-0.25, -0.2) is 9.97 Å². The fourth-order valence-electron chi connectivity index (χ4n) is 3.45. The van der Waals surface area contributed by atoms with Crippen molar-refractivity contribution in [1.29, 1.82) is 0 Å². The van der Waals surface area contributed by atoms with Gasteiger partial charge in [-0.3, -0.25) is 4.90 Å². The summed E-state index contributed by atoms with van der Waals surface area (Å²) in [5, 5.41) is 11.3. The van der Waals surface area contributed by atoms with Crippen molar-refractivity contribution in [3.8, 4) is 0 Å². The lowest BCUT2D eigenvalue weighted by atomic mass is 10.1. The highest BCUT2D eigenvalue weighted by atomic mass is 19.4. The average Bonchev–Trinajstić information content (AvgIpc) is 3.35. The van der Waals surface area contributed by atoms with E-state index in [4.69, 9.17) is 9.15 Å². The maximum Gasteiger partial charge on any atom is 0.433 e. The minimum absolute atomic E-state index is 0.0566. The highest BCUT2D eigenvalue weighted by Gasteiger charge is 2.33. The summed E-state index contributed by atoms with van der Waals surface area (Å²) in [5.41, 5.74) is -0.942. The van der Waals surface area contributed by atoms with Crippen LogP contribution in [0.4, 0.5) is 19.0 Å². The van der Waals surface area contributed by atoms with Gasteiger partial charge in [-0.05, 0) is 19.3 Å². The number of hydrogen-bond acceptors (Lipinski definition) is 8. The molecule has 4 rings (SSSR count). The van der Waals surface area contributed by atoms with Crippen molar-refractivity contribution in [2.75, 3.05) is 31.6 Å². The Morgan fingerprint density at radius 2 is 1.96 bits per heavy atom. The number of ether oxygens (including phenoxy) is 1. The molecule has 4 heterocycles. The molecule has 1 N–H and O–H groups in total. The van der Waals surface area contributed by atoms with Gasteiger partial charge in [-0.2, -0.15) is 13.2 Å². The second kappa shape index (κ2) is 8.00. The molecule has 2 aromatic heterocycles. The van der Waals surface area contributed by atoms with Gasteiger partial charge in [0, 0.05) is 31.8 Å². The summed E-state index contributed by atoms with van der Waals surface area (Å²) >= 11 is 0. The van der Waals surface area contributed by atoms with Gasteiger partial charge < -0.3 is 14.5 Å². The van der Waals surface area contributed by atoms with Crippen LogP contribution in [0.3, 0.4) is 0 Å². The molecule has 0 saturated carbocycles. The molecule has 0 bridgehead atoms. The van der Waals surface area contributed by atoms with Crippen LogP contribution in [-0.2, 0) is 17.5 Å². The number of halogens is 3. The number of aromatic nitrogens is 4. The topological polar surface area (TPSA) is 89.2 Å². The van der Waals surface area contributed by atoms with Gasteiger partial charge >= 0.3 is 6.18 Å². The van der Waals surface area contributed by atoms with Crippen LogP contribution in [0.15, 0.2) is 16.8 Å². The number of anilines is 1. The second-order valence-corrected chi connectivity index (χ2v) is 7.08. The first-order valence-corrected chi connectivity index (χ1v) is 9.25. The van der Waals surface area contributed by atoms with Crippen LogP contribution >= 0.6 is 0 Å². The highest BCUT2D eigenvalue weighted by molar-refractivity contribution is 5.36. The maximum absolute atomic E-state index is 12.8. The van der Waals surface area contributed by atoms with E-state index in [2.05, 4.69) is 30.4 Å². The van der Waals surface area contributed by atoms with Crippen LogP contribution in [0, 0.1) is 0 Å². The van der Waals surface area contributed by atoms with E-state index in [1.165, 1.54) is 0 Å². The summed E-state index contributed by atoms with van der Waals surface area (Å²) in [6, 6.07) is 1.00. The largest absolute Gasteiger partial charge is 0.433 e. The van der Waals surface area contributed by atoms with Crippen LogP contribution in [0.2, 0.25) is 0 Å². The normalized spacial score (nSPS) is 21.9. The molecule has 0 aromatic carbocycles. The fraction of sp³-hybridized carbons (Fsp3) is 0.647. The zero-order valence-electron chi connectivity index (χ0n) is 15.2. The summed E-state index contributed by atoms with van der Waals surface area (Å²) in [5.74, 6) is 1.60. The van der Waals surface area contributed by atoms with Crippen molar-refractivity contribution in [2.24, 2.45) is 0 Å². The van der Waals surface area contributed by atoms with E-state index < -0.39 is 11.9 Å². The minimum Gasteiger partial charge on any atom is -0.423 e. The van der Waals surface area contributed by atoms with Crippen LogP contribution < -0.4 is 5.32 Å². The molecule has 2 aromatic rings. The Kier molecular flexibility index (Phi) is 5.44. The quantitative estimate of drug-likeness (QED) is 0.822. The Morgan fingerprint density at radius 3 is 2.68 bits per heavy atom. The van der Waals surface area contributed by atoms with Gasteiger partial charge in [0.1, 0.15) is 17.8 Å². The van der Waals surface area contributed by atoms with Crippen molar-refractivity contribution in [1.82, 2.24) is 25.1 Å². The molecule has 0 amide bonds. The third-order valence-corrected chi connectivity index (χ3v) is 5.02. The molecule has 152 valence electrons. The lowest BCUT2D eigenvalue weighted by Gasteiger charge is -2.31. The molecule has 0 spiro atoms. The fourth-order valence-corrected chi connectivity index (χ4v) is 3.45. The summed E-state index contributed by atoms with van der Waals surface area (Å²) in [7, 11) is 0. The molecule has 28 heavy (non-hydrogen) atoms. The molecule has 2 aliphatic rings. The van der Waals surface area contributed by atoms with Crippen molar-refractivity contribution in [3.63, 3.8) is 0 Å². The number of nitrogens with zero attached hydrogens (tertiary/aromatic N) is 5. The third kappa shape index (κ3) is 4.58. The van der Waals surface area contributed by atoms with E-state index >= 15 is 0 Å². The standard InChI is InChI=1S/C17H21F3N6O2/c18-17(19,20)13-7-14(22-10-21-13)23-12-1-4-26(5-2-12)8-15-24-25-16(28-15)11-3-6-27-9-11/h7,10-12H,1-6,8-9H2,(H,21,22,23). The number of piperidine rings is 1. The van der Waals surface area contributed by atoms with Crippen LogP contribution in [0.5, 0.6) is 0 Å². The maximum atomic E-state index is 12.8. The van der Waals surface area contributed by atoms with E-state index in [9.17, 15) is 13.2 Å². The van der Waals surface area contributed by atoms with Crippen LogP contribution in [0.1, 0.15) is 42.7 Å². The summed E-state index contributed by atoms with van der Waals surface area (Å²) in [4.78, 5) is 9.37. The minimum atomic E-state index is -4.48. The SMILES string of the molecule is FC(F)(F)c1cc(NC2CCN(Cc3nnc(C4CCOC4)o3)CC2)ncn1. The molecule has 8 nitrogen and oxygen atoms in total. The molecule has 1 unspecified atom stereocenters. The molecule has 0 aliphatic carbocycles.